The van der Waals surface area contributed by atoms with Crippen LogP contribution in [0.5, 0.6) is 5.75 Å². The molecule has 2 aromatic rings. The Morgan fingerprint density at radius 3 is 2.48 bits per heavy atom. The second-order valence-electron chi connectivity index (χ2n) is 5.03. The first kappa shape index (κ1) is 17.2. The van der Waals surface area contributed by atoms with Gasteiger partial charge < -0.3 is 5.11 Å². The number of nitrogens with one attached hydrogen (secondary N) is 1. The van der Waals surface area contributed by atoms with Crippen LogP contribution >= 0.6 is 27.7 Å². The Hall–Kier alpha value is -2.58. The fourth-order valence-electron chi connectivity index (χ4n) is 2.10. The van der Waals surface area contributed by atoms with Crippen molar-refractivity contribution >= 4 is 50.8 Å². The summed E-state index contributed by atoms with van der Waals surface area (Å²) in [6.07, 6.45) is 1.57. The maximum absolute atomic E-state index is 12.4. The Bertz CT molecular complexity index is 896. The molecule has 0 radical (unpaired) electrons. The lowest BCUT2D eigenvalue weighted by atomic mass is 10.2. The van der Waals surface area contributed by atoms with Gasteiger partial charge in [-0.15, -0.1) is 0 Å². The summed E-state index contributed by atoms with van der Waals surface area (Å²) in [4.78, 5) is 36.8. The van der Waals surface area contributed by atoms with Crippen LogP contribution in [0.3, 0.4) is 0 Å². The summed E-state index contributed by atoms with van der Waals surface area (Å²) in [6, 6.07) is 13.1. The predicted molar refractivity (Wildman–Crippen MR) is 97.5 cm³/mol. The zero-order valence-electron chi connectivity index (χ0n) is 12.6. The summed E-state index contributed by atoms with van der Waals surface area (Å²) in [6.45, 7) is 0. The lowest BCUT2D eigenvalue weighted by molar-refractivity contribution is -0.124. The molecule has 25 heavy (non-hydrogen) atoms. The highest BCUT2D eigenvalue weighted by molar-refractivity contribution is 9.10. The number of carbonyl (C=O) groups is 3. The molecule has 1 heterocycles. The third-order valence-electron chi connectivity index (χ3n) is 3.32. The average molecular weight is 419 g/mol. The second kappa shape index (κ2) is 7.12. The molecule has 0 spiro atoms. The number of para-hydroxylation sites is 1. The third-order valence-corrected chi connectivity index (χ3v) is 4.72. The SMILES string of the molecule is O=C(NN1C(=O)S/C(=C\c2ccc(Br)cc2)C1=O)c1ccccc1O. The van der Waals surface area contributed by atoms with Gasteiger partial charge in [0.1, 0.15) is 5.75 Å². The van der Waals surface area contributed by atoms with Crippen molar-refractivity contribution in [1.82, 2.24) is 10.4 Å². The number of halogens is 1. The van der Waals surface area contributed by atoms with Gasteiger partial charge in [-0.3, -0.25) is 19.8 Å². The first-order valence-corrected chi connectivity index (χ1v) is 8.69. The Labute approximate surface area is 155 Å². The van der Waals surface area contributed by atoms with E-state index in [9.17, 15) is 19.5 Å². The lowest BCUT2D eigenvalue weighted by Crippen LogP contribution is -2.44. The van der Waals surface area contributed by atoms with E-state index in [2.05, 4.69) is 21.4 Å². The molecular formula is C17H11BrN2O4S. The van der Waals surface area contributed by atoms with Gasteiger partial charge in [0, 0.05) is 4.47 Å². The Morgan fingerprint density at radius 1 is 1.12 bits per heavy atom. The van der Waals surface area contributed by atoms with Crippen LogP contribution in [-0.4, -0.2) is 27.2 Å². The molecule has 1 aliphatic heterocycles. The zero-order valence-corrected chi connectivity index (χ0v) is 15.0. The minimum absolute atomic E-state index is 0.0292. The predicted octanol–water partition coefficient (Wildman–Crippen LogP) is 3.54. The van der Waals surface area contributed by atoms with Crippen LogP contribution in [0.15, 0.2) is 57.9 Å². The van der Waals surface area contributed by atoms with Crippen molar-refractivity contribution in [2.24, 2.45) is 0 Å². The largest absolute Gasteiger partial charge is 0.507 e. The molecule has 1 aliphatic rings. The standard InChI is InChI=1S/C17H11BrN2O4S/c18-11-7-5-10(6-8-11)9-14-16(23)20(17(24)25-14)19-15(22)12-3-1-2-4-13(12)21/h1-9,21H,(H,19,22)/b14-9-. The number of benzene rings is 2. The van der Waals surface area contributed by atoms with Gasteiger partial charge in [-0.2, -0.15) is 5.01 Å². The van der Waals surface area contributed by atoms with Crippen LogP contribution in [-0.2, 0) is 4.79 Å². The van der Waals surface area contributed by atoms with E-state index < -0.39 is 17.1 Å². The highest BCUT2D eigenvalue weighted by Crippen LogP contribution is 2.31. The first-order valence-electron chi connectivity index (χ1n) is 7.08. The summed E-state index contributed by atoms with van der Waals surface area (Å²) in [5, 5.41) is 9.72. The van der Waals surface area contributed by atoms with Gasteiger partial charge in [-0.1, -0.05) is 40.2 Å². The number of phenols is 1. The van der Waals surface area contributed by atoms with E-state index >= 15 is 0 Å². The van der Waals surface area contributed by atoms with Crippen molar-refractivity contribution in [3.05, 3.63) is 69.0 Å². The van der Waals surface area contributed by atoms with Gasteiger partial charge in [-0.25, -0.2) is 0 Å². The van der Waals surface area contributed by atoms with E-state index in [1.54, 1.807) is 30.3 Å². The smallest absolute Gasteiger partial charge is 0.312 e. The van der Waals surface area contributed by atoms with Crippen LogP contribution in [0.1, 0.15) is 15.9 Å². The number of imide groups is 1. The number of hydrogen-bond acceptors (Lipinski definition) is 5. The maximum Gasteiger partial charge on any atom is 0.312 e. The maximum atomic E-state index is 12.4. The molecule has 126 valence electrons. The van der Waals surface area contributed by atoms with Crippen molar-refractivity contribution < 1.29 is 19.5 Å². The molecule has 2 aromatic carbocycles. The molecule has 0 aromatic heterocycles. The van der Waals surface area contributed by atoms with E-state index in [1.165, 1.54) is 12.1 Å². The Balaban J connectivity index is 1.79. The summed E-state index contributed by atoms with van der Waals surface area (Å²) in [5.74, 6) is -1.61. The number of amides is 3. The number of thioether (sulfide) groups is 1. The molecule has 1 saturated heterocycles. The number of carbonyl (C=O) groups excluding carboxylic acids is 3. The minimum atomic E-state index is -0.745. The number of hydrogen-bond donors (Lipinski definition) is 2. The fourth-order valence-corrected chi connectivity index (χ4v) is 3.15. The average Bonchev–Trinajstić information content (AvgIpc) is 2.85. The highest BCUT2D eigenvalue weighted by Gasteiger charge is 2.37. The number of aromatic hydroxyl groups is 1. The number of phenolic OH excluding ortho intramolecular Hbond substituents is 1. The topological polar surface area (TPSA) is 86.7 Å². The van der Waals surface area contributed by atoms with Gasteiger partial charge in [0.2, 0.25) is 0 Å². The van der Waals surface area contributed by atoms with Crippen molar-refractivity contribution in [1.29, 1.82) is 0 Å². The van der Waals surface area contributed by atoms with E-state index in [4.69, 9.17) is 0 Å². The second-order valence-corrected chi connectivity index (χ2v) is 6.94. The molecular weight excluding hydrogens is 408 g/mol. The molecule has 0 atom stereocenters. The van der Waals surface area contributed by atoms with Crippen LogP contribution in [0.4, 0.5) is 4.79 Å². The Kier molecular flexibility index (Phi) is 4.91. The molecule has 1 fully saturated rings. The van der Waals surface area contributed by atoms with Crippen LogP contribution in [0.25, 0.3) is 6.08 Å². The molecule has 6 nitrogen and oxygen atoms in total. The Morgan fingerprint density at radius 2 is 1.80 bits per heavy atom. The van der Waals surface area contributed by atoms with Crippen molar-refractivity contribution in [2.45, 2.75) is 0 Å². The molecule has 0 saturated carbocycles. The number of nitrogens with zero attached hydrogens (tertiary/aromatic N) is 1. The summed E-state index contributed by atoms with van der Waals surface area (Å²) < 4.78 is 0.896. The quantitative estimate of drug-likeness (QED) is 0.744. The molecule has 2 N–H and O–H groups in total. The number of hydrazine groups is 1. The van der Waals surface area contributed by atoms with Crippen molar-refractivity contribution in [3.63, 3.8) is 0 Å². The van der Waals surface area contributed by atoms with E-state index in [0.717, 1.165) is 21.8 Å². The van der Waals surface area contributed by atoms with E-state index in [0.29, 0.717) is 5.01 Å². The van der Waals surface area contributed by atoms with Gasteiger partial charge in [0.15, 0.2) is 0 Å². The van der Waals surface area contributed by atoms with Crippen LogP contribution in [0, 0.1) is 0 Å². The summed E-state index contributed by atoms with van der Waals surface area (Å²) in [5.41, 5.74) is 2.95. The lowest BCUT2D eigenvalue weighted by Gasteiger charge is -2.14. The monoisotopic (exact) mass is 418 g/mol. The van der Waals surface area contributed by atoms with Crippen molar-refractivity contribution in [2.75, 3.05) is 0 Å². The van der Waals surface area contributed by atoms with Crippen LogP contribution in [0.2, 0.25) is 0 Å². The van der Waals surface area contributed by atoms with Gasteiger partial charge >= 0.3 is 5.24 Å². The van der Waals surface area contributed by atoms with E-state index in [1.807, 2.05) is 12.1 Å². The summed E-state index contributed by atoms with van der Waals surface area (Å²) in [7, 11) is 0. The molecule has 3 amide bonds. The van der Waals surface area contributed by atoms with E-state index in [-0.39, 0.29) is 16.2 Å². The normalized spacial score (nSPS) is 15.7. The molecule has 0 bridgehead atoms. The van der Waals surface area contributed by atoms with Gasteiger partial charge in [0.25, 0.3) is 11.8 Å². The number of rotatable bonds is 3. The fraction of sp³-hybridized carbons (Fsp3) is 0. The molecule has 8 heteroatoms. The van der Waals surface area contributed by atoms with Crippen LogP contribution < -0.4 is 5.43 Å². The third kappa shape index (κ3) is 3.75. The molecule has 0 aliphatic carbocycles. The highest BCUT2D eigenvalue weighted by atomic mass is 79.9. The molecule has 0 unspecified atom stereocenters. The first-order chi connectivity index (χ1) is 12.0. The summed E-state index contributed by atoms with van der Waals surface area (Å²) >= 11 is 4.05. The van der Waals surface area contributed by atoms with Crippen molar-refractivity contribution in [3.8, 4) is 5.75 Å². The van der Waals surface area contributed by atoms with Gasteiger partial charge in [0.05, 0.1) is 10.5 Å². The minimum Gasteiger partial charge on any atom is -0.507 e. The molecule has 3 rings (SSSR count). The van der Waals surface area contributed by atoms with Gasteiger partial charge in [-0.05, 0) is 47.7 Å². The zero-order chi connectivity index (χ0) is 18.0.